The van der Waals surface area contributed by atoms with E-state index in [2.05, 4.69) is 17.9 Å². The summed E-state index contributed by atoms with van der Waals surface area (Å²) in [5, 5.41) is 2.86. The van der Waals surface area contributed by atoms with E-state index >= 15 is 0 Å². The second kappa shape index (κ2) is 4.80. The lowest BCUT2D eigenvalue weighted by molar-refractivity contribution is -0.122. The molecule has 2 aliphatic rings. The lowest BCUT2D eigenvalue weighted by Crippen LogP contribution is -2.31. The number of amides is 1. The molecule has 1 heterocycles. The Hall–Kier alpha value is -0.230. The summed E-state index contributed by atoms with van der Waals surface area (Å²) in [5.41, 5.74) is 0.134. The summed E-state index contributed by atoms with van der Waals surface area (Å²) in [4.78, 5) is 11.7. The Morgan fingerprint density at radius 1 is 1.41 bits per heavy atom. The number of sulfone groups is 1. The molecule has 0 aromatic carbocycles. The second-order valence-corrected chi connectivity index (χ2v) is 7.95. The standard InChI is InChI=1S/C11H19NO3S2/c13-10(5-11(8-16)2-3-11)12-6-9-1-4-17(14,15)7-9/h9,16H,1-8H2,(H,12,13). The van der Waals surface area contributed by atoms with Crippen LogP contribution in [0.4, 0.5) is 0 Å². The fourth-order valence-corrected chi connectivity index (χ4v) is 4.55. The van der Waals surface area contributed by atoms with Gasteiger partial charge in [-0.05, 0) is 36.3 Å². The first-order valence-electron chi connectivity index (χ1n) is 6.03. The molecule has 6 heteroatoms. The summed E-state index contributed by atoms with van der Waals surface area (Å²) in [6, 6.07) is 0. The van der Waals surface area contributed by atoms with E-state index < -0.39 is 9.84 Å². The van der Waals surface area contributed by atoms with Gasteiger partial charge in [0.1, 0.15) is 0 Å². The van der Waals surface area contributed by atoms with Crippen molar-refractivity contribution in [3.8, 4) is 0 Å². The van der Waals surface area contributed by atoms with Crippen molar-refractivity contribution in [3.05, 3.63) is 0 Å². The van der Waals surface area contributed by atoms with Gasteiger partial charge < -0.3 is 5.32 Å². The molecule has 1 unspecified atom stereocenters. The molecule has 1 aliphatic carbocycles. The first kappa shape index (κ1) is 13.2. The van der Waals surface area contributed by atoms with Crippen molar-refractivity contribution in [2.24, 2.45) is 11.3 Å². The molecule has 98 valence electrons. The molecule has 0 aromatic rings. The number of thiol groups is 1. The van der Waals surface area contributed by atoms with E-state index in [9.17, 15) is 13.2 Å². The quantitative estimate of drug-likeness (QED) is 0.725. The highest BCUT2D eigenvalue weighted by Crippen LogP contribution is 2.49. The minimum Gasteiger partial charge on any atom is -0.356 e. The number of hydrogen-bond acceptors (Lipinski definition) is 4. The molecule has 4 nitrogen and oxygen atoms in total. The van der Waals surface area contributed by atoms with Crippen LogP contribution in [0.3, 0.4) is 0 Å². The molecule has 1 amide bonds. The van der Waals surface area contributed by atoms with Crippen LogP contribution < -0.4 is 5.32 Å². The Labute approximate surface area is 108 Å². The van der Waals surface area contributed by atoms with E-state index in [0.717, 1.165) is 18.6 Å². The van der Waals surface area contributed by atoms with Gasteiger partial charge >= 0.3 is 0 Å². The molecule has 0 spiro atoms. The summed E-state index contributed by atoms with van der Waals surface area (Å²) >= 11 is 4.26. The summed E-state index contributed by atoms with van der Waals surface area (Å²) < 4.78 is 22.5. The van der Waals surface area contributed by atoms with Crippen molar-refractivity contribution in [2.75, 3.05) is 23.8 Å². The van der Waals surface area contributed by atoms with Gasteiger partial charge in [-0.2, -0.15) is 12.6 Å². The SMILES string of the molecule is O=C(CC1(CS)CC1)NCC1CCS(=O)(=O)C1. The van der Waals surface area contributed by atoms with Gasteiger partial charge in [-0.1, -0.05) is 0 Å². The maximum atomic E-state index is 11.7. The van der Waals surface area contributed by atoms with Crippen LogP contribution in [0.5, 0.6) is 0 Å². The topological polar surface area (TPSA) is 63.2 Å². The highest BCUT2D eigenvalue weighted by molar-refractivity contribution is 7.91. The molecule has 2 rings (SSSR count). The maximum Gasteiger partial charge on any atom is 0.220 e. The fraction of sp³-hybridized carbons (Fsp3) is 0.909. The molecule has 2 fully saturated rings. The number of carbonyl (C=O) groups excluding carboxylic acids is 1. The van der Waals surface area contributed by atoms with E-state index in [1.807, 2.05) is 0 Å². The minimum absolute atomic E-state index is 0.0425. The van der Waals surface area contributed by atoms with E-state index in [0.29, 0.717) is 19.4 Å². The third kappa shape index (κ3) is 3.61. The van der Waals surface area contributed by atoms with E-state index in [1.54, 1.807) is 0 Å². The Morgan fingerprint density at radius 2 is 2.12 bits per heavy atom. The third-order valence-corrected chi connectivity index (χ3v) is 6.25. The lowest BCUT2D eigenvalue weighted by Gasteiger charge is -2.13. The third-order valence-electron chi connectivity index (χ3n) is 3.74. The van der Waals surface area contributed by atoms with Crippen LogP contribution in [0.1, 0.15) is 25.7 Å². The van der Waals surface area contributed by atoms with Crippen molar-refractivity contribution in [2.45, 2.75) is 25.7 Å². The molecule has 1 aliphatic heterocycles. The molecular weight excluding hydrogens is 258 g/mol. The first-order chi connectivity index (χ1) is 7.95. The normalized spacial score (nSPS) is 28.9. The molecule has 17 heavy (non-hydrogen) atoms. The Balaban J connectivity index is 1.70. The van der Waals surface area contributed by atoms with Gasteiger partial charge in [0.15, 0.2) is 9.84 Å². The summed E-state index contributed by atoms with van der Waals surface area (Å²) in [6.45, 7) is 0.501. The molecule has 1 saturated carbocycles. The zero-order chi connectivity index (χ0) is 12.5. The van der Waals surface area contributed by atoms with Gasteiger partial charge in [-0.15, -0.1) is 0 Å². The number of nitrogens with one attached hydrogen (secondary N) is 1. The number of carbonyl (C=O) groups is 1. The van der Waals surface area contributed by atoms with Crippen LogP contribution >= 0.6 is 12.6 Å². The predicted molar refractivity (Wildman–Crippen MR) is 69.9 cm³/mol. The fourth-order valence-electron chi connectivity index (χ4n) is 2.26. The number of hydrogen-bond donors (Lipinski definition) is 2. The van der Waals surface area contributed by atoms with Crippen LogP contribution in [0, 0.1) is 11.3 Å². The highest BCUT2D eigenvalue weighted by Gasteiger charge is 2.42. The van der Waals surface area contributed by atoms with Crippen molar-refractivity contribution in [1.29, 1.82) is 0 Å². The van der Waals surface area contributed by atoms with Gasteiger partial charge in [-0.25, -0.2) is 8.42 Å². The van der Waals surface area contributed by atoms with Crippen LogP contribution in [0.15, 0.2) is 0 Å². The van der Waals surface area contributed by atoms with E-state index in [1.165, 1.54) is 0 Å². The summed E-state index contributed by atoms with van der Waals surface area (Å²) in [7, 11) is -2.83. The zero-order valence-electron chi connectivity index (χ0n) is 9.81. The van der Waals surface area contributed by atoms with Crippen LogP contribution in [0.25, 0.3) is 0 Å². The number of rotatable bonds is 5. The van der Waals surface area contributed by atoms with Crippen molar-refractivity contribution in [1.82, 2.24) is 5.32 Å². The van der Waals surface area contributed by atoms with Crippen molar-refractivity contribution < 1.29 is 13.2 Å². The maximum absolute atomic E-state index is 11.7. The van der Waals surface area contributed by atoms with E-state index in [4.69, 9.17) is 0 Å². The molecule has 1 saturated heterocycles. The monoisotopic (exact) mass is 277 g/mol. The van der Waals surface area contributed by atoms with Gasteiger partial charge in [0, 0.05) is 13.0 Å². The largest absolute Gasteiger partial charge is 0.356 e. The molecule has 1 N–H and O–H groups in total. The molecule has 0 aromatic heterocycles. The van der Waals surface area contributed by atoms with Crippen LogP contribution in [-0.4, -0.2) is 38.1 Å². The van der Waals surface area contributed by atoms with Crippen LogP contribution in [-0.2, 0) is 14.6 Å². The van der Waals surface area contributed by atoms with Gasteiger partial charge in [0.2, 0.25) is 5.91 Å². The lowest BCUT2D eigenvalue weighted by atomic mass is 10.0. The zero-order valence-corrected chi connectivity index (χ0v) is 11.5. The molecular formula is C11H19NO3S2. The Bertz CT molecular complexity index is 401. The molecule has 1 atom stereocenters. The molecule has 0 radical (unpaired) electrons. The van der Waals surface area contributed by atoms with Gasteiger partial charge in [0.05, 0.1) is 11.5 Å². The average molecular weight is 277 g/mol. The van der Waals surface area contributed by atoms with Crippen molar-refractivity contribution in [3.63, 3.8) is 0 Å². The van der Waals surface area contributed by atoms with Gasteiger partial charge in [-0.3, -0.25) is 4.79 Å². The predicted octanol–water partition coefficient (Wildman–Crippen LogP) is 0.637. The first-order valence-corrected chi connectivity index (χ1v) is 8.48. The smallest absolute Gasteiger partial charge is 0.220 e. The summed E-state index contributed by atoms with van der Waals surface area (Å²) in [5.74, 6) is 1.41. The summed E-state index contributed by atoms with van der Waals surface area (Å²) in [6.07, 6.45) is 3.39. The Kier molecular flexibility index (Phi) is 3.73. The minimum atomic E-state index is -2.83. The Morgan fingerprint density at radius 3 is 2.59 bits per heavy atom. The van der Waals surface area contributed by atoms with Crippen LogP contribution in [0.2, 0.25) is 0 Å². The average Bonchev–Trinajstić information content (AvgIpc) is 2.94. The van der Waals surface area contributed by atoms with E-state index in [-0.39, 0.29) is 28.7 Å². The van der Waals surface area contributed by atoms with Crippen molar-refractivity contribution >= 4 is 28.4 Å². The second-order valence-electron chi connectivity index (χ2n) is 5.41. The molecule has 0 bridgehead atoms. The van der Waals surface area contributed by atoms with Gasteiger partial charge in [0.25, 0.3) is 0 Å². The highest BCUT2D eigenvalue weighted by atomic mass is 32.2.